The molecule has 1 nitrogen and oxygen atoms in total. The van der Waals surface area contributed by atoms with Gasteiger partial charge in [0.1, 0.15) is 0 Å². The molecular formula is C10H13NS. The number of thioether (sulfide) groups is 1. The van der Waals surface area contributed by atoms with Gasteiger partial charge >= 0.3 is 0 Å². The van der Waals surface area contributed by atoms with E-state index in [-0.39, 0.29) is 0 Å². The summed E-state index contributed by atoms with van der Waals surface area (Å²) in [5.74, 6) is 0. The van der Waals surface area contributed by atoms with Gasteiger partial charge < -0.3 is 5.32 Å². The van der Waals surface area contributed by atoms with E-state index in [1.807, 2.05) is 11.8 Å². The Morgan fingerprint density at radius 1 is 1.25 bits per heavy atom. The highest BCUT2D eigenvalue weighted by Crippen LogP contribution is 2.25. The Bertz CT molecular complexity index is 251. The zero-order chi connectivity index (χ0) is 8.39. The largest absolute Gasteiger partial charge is 0.314 e. The van der Waals surface area contributed by atoms with Crippen LogP contribution < -0.4 is 5.32 Å². The van der Waals surface area contributed by atoms with Crippen molar-refractivity contribution in [1.29, 1.82) is 0 Å². The molecule has 1 aliphatic rings. The summed E-state index contributed by atoms with van der Waals surface area (Å²) in [5, 5.41) is 4.07. The summed E-state index contributed by atoms with van der Waals surface area (Å²) in [6.45, 7) is 4.45. The van der Waals surface area contributed by atoms with Crippen LogP contribution in [0.15, 0.2) is 29.2 Å². The second-order valence-electron chi connectivity index (χ2n) is 3.21. The van der Waals surface area contributed by atoms with Gasteiger partial charge in [-0.15, -0.1) is 11.8 Å². The quantitative estimate of drug-likeness (QED) is 0.746. The van der Waals surface area contributed by atoms with Gasteiger partial charge in [-0.2, -0.15) is 0 Å². The van der Waals surface area contributed by atoms with Gasteiger partial charge in [-0.25, -0.2) is 0 Å². The number of benzene rings is 1. The number of aryl methyl sites for hydroxylation is 1. The average Bonchev–Trinajstić information content (AvgIpc) is 2.00. The number of hydrogen-bond acceptors (Lipinski definition) is 2. The van der Waals surface area contributed by atoms with Crippen LogP contribution >= 0.6 is 11.8 Å². The molecule has 1 aromatic carbocycles. The summed E-state index contributed by atoms with van der Waals surface area (Å²) < 4.78 is 0. The molecule has 2 heteroatoms. The maximum absolute atomic E-state index is 3.27. The lowest BCUT2D eigenvalue weighted by molar-refractivity contribution is 0.544. The topological polar surface area (TPSA) is 12.0 Å². The van der Waals surface area contributed by atoms with Crippen LogP contribution in [-0.4, -0.2) is 18.3 Å². The van der Waals surface area contributed by atoms with Crippen LogP contribution in [0.2, 0.25) is 0 Å². The predicted octanol–water partition coefficient (Wildman–Crippen LogP) is 2.06. The van der Waals surface area contributed by atoms with E-state index < -0.39 is 0 Å². The van der Waals surface area contributed by atoms with Crippen molar-refractivity contribution >= 4 is 11.8 Å². The van der Waals surface area contributed by atoms with Gasteiger partial charge in [-0.1, -0.05) is 17.7 Å². The third-order valence-corrected chi connectivity index (χ3v) is 3.28. The Balaban J connectivity index is 1.98. The van der Waals surface area contributed by atoms with Gasteiger partial charge in [0.2, 0.25) is 0 Å². The Kier molecular flexibility index (Phi) is 2.38. The molecule has 1 fully saturated rings. The van der Waals surface area contributed by atoms with E-state index in [2.05, 4.69) is 36.5 Å². The molecule has 0 spiro atoms. The number of nitrogens with one attached hydrogen (secondary N) is 1. The summed E-state index contributed by atoms with van der Waals surface area (Å²) in [6.07, 6.45) is 0. The van der Waals surface area contributed by atoms with Gasteiger partial charge in [0.25, 0.3) is 0 Å². The fourth-order valence-electron chi connectivity index (χ4n) is 1.15. The van der Waals surface area contributed by atoms with Crippen LogP contribution in [0.4, 0.5) is 0 Å². The second kappa shape index (κ2) is 3.50. The molecule has 1 aromatic rings. The maximum Gasteiger partial charge on any atom is 0.0344 e. The average molecular weight is 179 g/mol. The van der Waals surface area contributed by atoms with Crippen molar-refractivity contribution in [3.8, 4) is 0 Å². The fourth-order valence-corrected chi connectivity index (χ4v) is 2.24. The molecule has 1 N–H and O–H groups in total. The van der Waals surface area contributed by atoms with Gasteiger partial charge in [0, 0.05) is 23.2 Å². The number of rotatable bonds is 2. The molecule has 0 aliphatic carbocycles. The first-order valence-electron chi connectivity index (χ1n) is 4.28. The van der Waals surface area contributed by atoms with Gasteiger partial charge in [0.05, 0.1) is 0 Å². The fraction of sp³-hybridized carbons (Fsp3) is 0.400. The van der Waals surface area contributed by atoms with E-state index in [1.54, 1.807) is 0 Å². The van der Waals surface area contributed by atoms with Crippen molar-refractivity contribution in [1.82, 2.24) is 5.32 Å². The molecule has 2 rings (SSSR count). The van der Waals surface area contributed by atoms with Crippen molar-refractivity contribution in [2.45, 2.75) is 17.1 Å². The lowest BCUT2D eigenvalue weighted by atomic mass is 10.2. The van der Waals surface area contributed by atoms with Gasteiger partial charge in [0.15, 0.2) is 0 Å². The Labute approximate surface area is 77.6 Å². The summed E-state index contributed by atoms with van der Waals surface area (Å²) >= 11 is 1.98. The number of hydrogen-bond donors (Lipinski definition) is 1. The van der Waals surface area contributed by atoms with Crippen LogP contribution in [0, 0.1) is 6.92 Å². The maximum atomic E-state index is 3.27. The van der Waals surface area contributed by atoms with Crippen LogP contribution in [0.3, 0.4) is 0 Å². The van der Waals surface area contributed by atoms with Crippen molar-refractivity contribution in [3.63, 3.8) is 0 Å². The summed E-state index contributed by atoms with van der Waals surface area (Å²) in [4.78, 5) is 1.40. The van der Waals surface area contributed by atoms with E-state index in [0.29, 0.717) is 0 Å². The minimum Gasteiger partial charge on any atom is -0.314 e. The first-order valence-corrected chi connectivity index (χ1v) is 5.16. The third-order valence-electron chi connectivity index (χ3n) is 2.07. The molecule has 64 valence electrons. The first kappa shape index (κ1) is 8.14. The Morgan fingerprint density at radius 2 is 1.92 bits per heavy atom. The van der Waals surface area contributed by atoms with Crippen molar-refractivity contribution in [2.75, 3.05) is 13.1 Å². The lowest BCUT2D eigenvalue weighted by Gasteiger charge is -2.26. The van der Waals surface area contributed by atoms with E-state index in [9.17, 15) is 0 Å². The summed E-state index contributed by atoms with van der Waals surface area (Å²) in [5.41, 5.74) is 1.34. The zero-order valence-corrected chi connectivity index (χ0v) is 8.03. The highest BCUT2D eigenvalue weighted by atomic mass is 32.2. The van der Waals surface area contributed by atoms with Crippen LogP contribution in [0.5, 0.6) is 0 Å². The van der Waals surface area contributed by atoms with E-state index in [0.717, 1.165) is 5.25 Å². The SMILES string of the molecule is Cc1ccc(SC2CNC2)cc1. The van der Waals surface area contributed by atoms with Crippen LogP contribution in [0.1, 0.15) is 5.56 Å². The molecule has 0 bridgehead atoms. The summed E-state index contributed by atoms with van der Waals surface area (Å²) in [7, 11) is 0. The van der Waals surface area contributed by atoms with E-state index >= 15 is 0 Å². The summed E-state index contributed by atoms with van der Waals surface area (Å²) in [6, 6.07) is 8.76. The highest BCUT2D eigenvalue weighted by Gasteiger charge is 2.17. The van der Waals surface area contributed by atoms with Crippen LogP contribution in [0.25, 0.3) is 0 Å². The zero-order valence-electron chi connectivity index (χ0n) is 7.21. The standard InChI is InChI=1S/C10H13NS/c1-8-2-4-9(5-3-8)12-10-6-11-7-10/h2-5,10-11H,6-7H2,1H3. The third kappa shape index (κ3) is 1.82. The van der Waals surface area contributed by atoms with Crippen LogP contribution in [-0.2, 0) is 0 Å². The first-order chi connectivity index (χ1) is 5.84. The van der Waals surface area contributed by atoms with E-state index in [4.69, 9.17) is 0 Å². The molecular weight excluding hydrogens is 166 g/mol. The minimum absolute atomic E-state index is 0.799. The molecule has 0 atom stereocenters. The van der Waals surface area contributed by atoms with Crippen molar-refractivity contribution < 1.29 is 0 Å². The highest BCUT2D eigenvalue weighted by molar-refractivity contribution is 8.00. The Hall–Kier alpha value is -0.470. The normalized spacial score (nSPS) is 17.4. The van der Waals surface area contributed by atoms with Crippen molar-refractivity contribution in [2.24, 2.45) is 0 Å². The van der Waals surface area contributed by atoms with E-state index in [1.165, 1.54) is 23.5 Å². The van der Waals surface area contributed by atoms with Gasteiger partial charge in [-0.3, -0.25) is 0 Å². The lowest BCUT2D eigenvalue weighted by Crippen LogP contribution is -2.44. The molecule has 1 aliphatic heterocycles. The molecule has 0 radical (unpaired) electrons. The molecule has 12 heavy (non-hydrogen) atoms. The molecule has 0 aromatic heterocycles. The van der Waals surface area contributed by atoms with Crippen molar-refractivity contribution in [3.05, 3.63) is 29.8 Å². The molecule has 1 saturated heterocycles. The molecule has 0 saturated carbocycles. The molecule has 0 amide bonds. The molecule has 0 unspecified atom stereocenters. The smallest absolute Gasteiger partial charge is 0.0344 e. The molecule has 1 heterocycles. The van der Waals surface area contributed by atoms with Gasteiger partial charge in [-0.05, 0) is 19.1 Å². The predicted molar refractivity (Wildman–Crippen MR) is 53.7 cm³/mol. The second-order valence-corrected chi connectivity index (χ2v) is 4.58. The minimum atomic E-state index is 0.799. The Morgan fingerprint density at radius 3 is 2.42 bits per heavy atom. The monoisotopic (exact) mass is 179 g/mol.